The van der Waals surface area contributed by atoms with Gasteiger partial charge in [-0.3, -0.25) is 9.69 Å². The van der Waals surface area contributed by atoms with Crippen LogP contribution < -0.4 is 0 Å². The fourth-order valence-corrected chi connectivity index (χ4v) is 2.48. The molecule has 1 heterocycles. The molecule has 0 aliphatic carbocycles. The quantitative estimate of drug-likeness (QED) is 0.816. The second-order valence-electron chi connectivity index (χ2n) is 5.08. The zero-order chi connectivity index (χ0) is 13.7. The van der Waals surface area contributed by atoms with E-state index in [0.29, 0.717) is 13.0 Å². The van der Waals surface area contributed by atoms with Crippen molar-refractivity contribution in [1.82, 2.24) is 4.90 Å². The van der Waals surface area contributed by atoms with E-state index < -0.39 is 0 Å². The smallest absolute Gasteiger partial charge is 0.151 e. The van der Waals surface area contributed by atoms with Gasteiger partial charge in [-0.15, -0.1) is 0 Å². The molecule has 1 unspecified atom stereocenters. The van der Waals surface area contributed by atoms with Crippen LogP contribution in [0.4, 0.5) is 4.39 Å². The van der Waals surface area contributed by atoms with Gasteiger partial charge in [0.05, 0.1) is 12.6 Å². The van der Waals surface area contributed by atoms with Crippen LogP contribution in [0.15, 0.2) is 24.3 Å². The molecule has 0 radical (unpaired) electrons. The number of hydrogen-bond donors (Lipinski definition) is 0. The number of ketones is 1. The first-order valence-corrected chi connectivity index (χ1v) is 6.68. The maximum atomic E-state index is 12.8. The Morgan fingerprint density at radius 1 is 1.42 bits per heavy atom. The van der Waals surface area contributed by atoms with E-state index in [1.807, 2.05) is 0 Å². The van der Waals surface area contributed by atoms with E-state index in [9.17, 15) is 9.18 Å². The van der Waals surface area contributed by atoms with E-state index in [-0.39, 0.29) is 17.7 Å². The number of methoxy groups -OCH3 is 1. The normalized spacial score (nSPS) is 20.4. The number of hydrogen-bond acceptors (Lipinski definition) is 3. The Hall–Kier alpha value is -1.26. The van der Waals surface area contributed by atoms with Crippen molar-refractivity contribution >= 4 is 5.78 Å². The highest BCUT2D eigenvalue weighted by molar-refractivity contribution is 5.82. The van der Waals surface area contributed by atoms with E-state index in [0.717, 1.165) is 31.5 Å². The second-order valence-corrected chi connectivity index (χ2v) is 5.08. The molecule has 0 spiro atoms. The highest BCUT2D eigenvalue weighted by Crippen LogP contribution is 2.12. The van der Waals surface area contributed by atoms with E-state index in [2.05, 4.69) is 4.90 Å². The summed E-state index contributed by atoms with van der Waals surface area (Å²) in [7, 11) is 1.72. The molecule has 0 aromatic heterocycles. The Morgan fingerprint density at radius 3 is 2.84 bits per heavy atom. The summed E-state index contributed by atoms with van der Waals surface area (Å²) in [4.78, 5) is 14.1. The van der Waals surface area contributed by atoms with Crippen LogP contribution in [-0.4, -0.2) is 43.5 Å². The molecule has 4 heteroatoms. The molecule has 1 atom stereocenters. The molecule has 0 saturated carbocycles. The summed E-state index contributed by atoms with van der Waals surface area (Å²) in [6.45, 7) is 2.23. The summed E-state index contributed by atoms with van der Waals surface area (Å²) >= 11 is 0. The molecule has 0 amide bonds. The molecule has 1 aromatic rings. The van der Waals surface area contributed by atoms with Crippen molar-refractivity contribution in [2.45, 2.75) is 25.4 Å². The highest BCUT2D eigenvalue weighted by atomic mass is 19.1. The van der Waals surface area contributed by atoms with Gasteiger partial charge in [-0.2, -0.15) is 0 Å². The number of carbonyl (C=O) groups excluding carboxylic acids is 1. The van der Waals surface area contributed by atoms with Crippen LogP contribution in [0.3, 0.4) is 0 Å². The Balaban J connectivity index is 1.82. The molecular weight excluding hydrogens is 245 g/mol. The molecule has 2 rings (SSSR count). The Bertz CT molecular complexity index is 419. The fourth-order valence-electron chi connectivity index (χ4n) is 2.48. The fraction of sp³-hybridized carbons (Fsp3) is 0.533. The summed E-state index contributed by atoms with van der Waals surface area (Å²) in [5.41, 5.74) is 0.867. The molecule has 19 heavy (non-hydrogen) atoms. The zero-order valence-electron chi connectivity index (χ0n) is 11.3. The maximum Gasteiger partial charge on any atom is 0.151 e. The molecule has 104 valence electrons. The van der Waals surface area contributed by atoms with Gasteiger partial charge in [0.25, 0.3) is 0 Å². The third kappa shape index (κ3) is 4.40. The van der Waals surface area contributed by atoms with Gasteiger partial charge in [0.1, 0.15) is 5.82 Å². The third-order valence-corrected chi connectivity index (χ3v) is 3.51. The van der Waals surface area contributed by atoms with Crippen LogP contribution in [0.5, 0.6) is 0 Å². The monoisotopic (exact) mass is 265 g/mol. The van der Waals surface area contributed by atoms with Gasteiger partial charge in [-0.1, -0.05) is 12.1 Å². The van der Waals surface area contributed by atoms with E-state index in [1.165, 1.54) is 12.1 Å². The lowest BCUT2D eigenvalue weighted by Gasteiger charge is -2.31. The summed E-state index contributed by atoms with van der Waals surface area (Å²) in [6, 6.07) is 6.12. The lowest BCUT2D eigenvalue weighted by Crippen LogP contribution is -2.42. The van der Waals surface area contributed by atoms with Gasteiger partial charge < -0.3 is 4.74 Å². The number of halogens is 1. The summed E-state index contributed by atoms with van der Waals surface area (Å²) in [6.07, 6.45) is 2.75. The van der Waals surface area contributed by atoms with Gasteiger partial charge in [0.2, 0.25) is 0 Å². The third-order valence-electron chi connectivity index (χ3n) is 3.51. The van der Waals surface area contributed by atoms with Crippen molar-refractivity contribution in [2.24, 2.45) is 0 Å². The molecule has 0 bridgehead atoms. The molecule has 1 aliphatic heterocycles. The first kappa shape index (κ1) is 14.2. The Labute approximate surface area is 113 Å². The predicted octanol–water partition coefficient (Wildman–Crippen LogP) is 2.05. The number of piperidine rings is 1. The lowest BCUT2D eigenvalue weighted by molar-refractivity contribution is -0.120. The molecule has 1 aliphatic rings. The second kappa shape index (κ2) is 6.78. The van der Waals surface area contributed by atoms with Crippen LogP contribution >= 0.6 is 0 Å². The minimum atomic E-state index is -0.268. The Morgan fingerprint density at radius 2 is 2.16 bits per heavy atom. The number of nitrogens with zero attached hydrogens (tertiary/aromatic N) is 1. The van der Waals surface area contributed by atoms with Crippen LogP contribution in [0, 0.1) is 5.82 Å². The van der Waals surface area contributed by atoms with E-state index in [1.54, 1.807) is 19.2 Å². The summed E-state index contributed by atoms with van der Waals surface area (Å²) in [5, 5.41) is 0. The maximum absolute atomic E-state index is 12.8. The van der Waals surface area contributed by atoms with Crippen molar-refractivity contribution in [3.8, 4) is 0 Å². The van der Waals surface area contributed by atoms with Crippen molar-refractivity contribution < 1.29 is 13.9 Å². The molecule has 1 aromatic carbocycles. The standard InChI is InChI=1S/C15H20FNO2/c1-19-15-3-2-8-17(11-15)10-14(18)9-12-4-6-13(16)7-5-12/h4-7,15H,2-3,8-11H2,1H3. The average molecular weight is 265 g/mol. The average Bonchev–Trinajstić information content (AvgIpc) is 2.41. The van der Waals surface area contributed by atoms with Gasteiger partial charge in [-0.05, 0) is 37.1 Å². The van der Waals surface area contributed by atoms with Crippen LogP contribution in [0.2, 0.25) is 0 Å². The summed E-state index contributed by atoms with van der Waals surface area (Å²) in [5.74, 6) is -0.0986. The molecule has 3 nitrogen and oxygen atoms in total. The number of rotatable bonds is 5. The number of benzene rings is 1. The van der Waals surface area contributed by atoms with Crippen LogP contribution in [0.25, 0.3) is 0 Å². The van der Waals surface area contributed by atoms with E-state index in [4.69, 9.17) is 4.74 Å². The molecule has 0 N–H and O–H groups in total. The van der Waals surface area contributed by atoms with Crippen molar-refractivity contribution in [3.63, 3.8) is 0 Å². The topological polar surface area (TPSA) is 29.5 Å². The SMILES string of the molecule is COC1CCCN(CC(=O)Cc2ccc(F)cc2)C1. The number of likely N-dealkylation sites (tertiary alicyclic amines) is 1. The first-order valence-electron chi connectivity index (χ1n) is 6.68. The largest absolute Gasteiger partial charge is 0.380 e. The minimum Gasteiger partial charge on any atom is -0.380 e. The van der Waals surface area contributed by atoms with Gasteiger partial charge >= 0.3 is 0 Å². The minimum absolute atomic E-state index is 0.170. The van der Waals surface area contributed by atoms with E-state index >= 15 is 0 Å². The van der Waals surface area contributed by atoms with Gasteiger partial charge in [-0.25, -0.2) is 4.39 Å². The Kier molecular flexibility index (Phi) is 5.05. The van der Waals surface area contributed by atoms with Gasteiger partial charge in [0, 0.05) is 20.1 Å². The highest BCUT2D eigenvalue weighted by Gasteiger charge is 2.21. The van der Waals surface area contributed by atoms with Crippen LogP contribution in [-0.2, 0) is 16.0 Å². The van der Waals surface area contributed by atoms with Crippen LogP contribution in [0.1, 0.15) is 18.4 Å². The summed E-state index contributed by atoms with van der Waals surface area (Å²) < 4.78 is 18.1. The van der Waals surface area contributed by atoms with Gasteiger partial charge in [0.15, 0.2) is 5.78 Å². The number of Topliss-reactive ketones (excluding diaryl/α,β-unsaturated/α-hetero) is 1. The predicted molar refractivity (Wildman–Crippen MR) is 71.6 cm³/mol. The lowest BCUT2D eigenvalue weighted by atomic mass is 10.1. The molecular formula is C15H20FNO2. The molecule has 1 saturated heterocycles. The van der Waals surface area contributed by atoms with Crippen molar-refractivity contribution in [1.29, 1.82) is 0 Å². The van der Waals surface area contributed by atoms with Crippen molar-refractivity contribution in [3.05, 3.63) is 35.6 Å². The van der Waals surface area contributed by atoms with Crippen molar-refractivity contribution in [2.75, 3.05) is 26.7 Å². The zero-order valence-corrected chi connectivity index (χ0v) is 11.3. The number of ether oxygens (including phenoxy) is 1. The number of carbonyl (C=O) groups is 1. The molecule has 1 fully saturated rings. The first-order chi connectivity index (χ1) is 9.17.